The summed E-state index contributed by atoms with van der Waals surface area (Å²) in [7, 11) is 0. The summed E-state index contributed by atoms with van der Waals surface area (Å²) in [4.78, 5) is 2.15. The molecule has 2 atom stereocenters. The van der Waals surface area contributed by atoms with Gasteiger partial charge in [0, 0.05) is 12.1 Å². The summed E-state index contributed by atoms with van der Waals surface area (Å²) in [5.41, 5.74) is 0.822. The quantitative estimate of drug-likeness (QED) is 0.826. The average molecular weight is 246 g/mol. The second-order valence-electron chi connectivity index (χ2n) is 5.16. The molecular weight excluding hydrogens is 231 g/mol. The van der Waals surface area contributed by atoms with E-state index in [-0.39, 0.29) is 23.8 Å². The van der Waals surface area contributed by atoms with E-state index in [2.05, 4.69) is 4.90 Å². The normalized spacial score (nSPS) is 30.3. The highest BCUT2D eigenvalue weighted by molar-refractivity contribution is 5.62. The summed E-state index contributed by atoms with van der Waals surface area (Å²) >= 11 is 0. The fraction of sp³-hybridized carbons (Fsp3) is 0.500. The number of halogens is 1. The first kappa shape index (κ1) is 11.5. The third kappa shape index (κ3) is 1.67. The number of nitrogens with zero attached hydrogens (tertiary/aromatic N) is 2. The predicted octanol–water partition coefficient (Wildman–Crippen LogP) is 2.19. The third-order valence-electron chi connectivity index (χ3n) is 4.09. The van der Waals surface area contributed by atoms with E-state index in [0.29, 0.717) is 5.69 Å². The van der Waals surface area contributed by atoms with Gasteiger partial charge in [-0.2, -0.15) is 5.26 Å². The van der Waals surface area contributed by atoms with Crippen molar-refractivity contribution in [2.24, 2.45) is 0 Å². The van der Waals surface area contributed by atoms with Gasteiger partial charge in [-0.05, 0) is 37.8 Å². The lowest BCUT2D eigenvalue weighted by Gasteiger charge is -2.39. The molecule has 4 heteroatoms. The standard InChI is InChI=1S/C14H15FN2O/c15-13-2-1-3-14(12(13)8-16)17-9-4-5-10(17)7-11(18)6-9/h1-3,9-11,18H,4-7H2. The summed E-state index contributed by atoms with van der Waals surface area (Å²) in [6.07, 6.45) is 3.22. The Morgan fingerprint density at radius 1 is 1.28 bits per heavy atom. The van der Waals surface area contributed by atoms with Crippen molar-refractivity contribution in [3.8, 4) is 6.07 Å². The molecule has 3 nitrogen and oxygen atoms in total. The summed E-state index contributed by atoms with van der Waals surface area (Å²) in [5.74, 6) is -0.458. The van der Waals surface area contributed by atoms with Gasteiger partial charge in [0.1, 0.15) is 17.4 Å². The van der Waals surface area contributed by atoms with Gasteiger partial charge in [-0.15, -0.1) is 0 Å². The first-order chi connectivity index (χ1) is 8.70. The fourth-order valence-electron chi connectivity index (χ4n) is 3.38. The van der Waals surface area contributed by atoms with E-state index in [4.69, 9.17) is 5.26 Å². The molecule has 2 unspecified atom stereocenters. The van der Waals surface area contributed by atoms with Crippen LogP contribution < -0.4 is 4.90 Å². The molecule has 1 N–H and O–H groups in total. The molecule has 3 rings (SSSR count). The van der Waals surface area contributed by atoms with E-state index in [0.717, 1.165) is 25.7 Å². The molecule has 1 aromatic carbocycles. The number of benzene rings is 1. The van der Waals surface area contributed by atoms with E-state index in [9.17, 15) is 9.50 Å². The number of rotatable bonds is 1. The summed E-state index contributed by atoms with van der Waals surface area (Å²) in [6.45, 7) is 0. The van der Waals surface area contributed by atoms with E-state index < -0.39 is 5.82 Å². The van der Waals surface area contributed by atoms with Crippen molar-refractivity contribution >= 4 is 5.69 Å². The van der Waals surface area contributed by atoms with Crippen molar-refractivity contribution in [2.45, 2.75) is 43.9 Å². The molecule has 0 aliphatic carbocycles. The molecule has 2 heterocycles. The molecular formula is C14H15FN2O. The van der Waals surface area contributed by atoms with Crippen LogP contribution in [0.2, 0.25) is 0 Å². The Labute approximate surface area is 105 Å². The molecule has 18 heavy (non-hydrogen) atoms. The second-order valence-corrected chi connectivity index (χ2v) is 5.16. The molecule has 0 saturated carbocycles. The van der Waals surface area contributed by atoms with Gasteiger partial charge in [0.05, 0.1) is 11.8 Å². The van der Waals surface area contributed by atoms with E-state index in [1.54, 1.807) is 6.07 Å². The topological polar surface area (TPSA) is 47.3 Å². The average Bonchev–Trinajstić information content (AvgIpc) is 2.61. The Kier molecular flexibility index (Phi) is 2.71. The molecule has 2 bridgehead atoms. The van der Waals surface area contributed by atoms with Crippen LogP contribution in [0, 0.1) is 17.1 Å². The first-order valence-electron chi connectivity index (χ1n) is 6.35. The smallest absolute Gasteiger partial charge is 0.143 e. The largest absolute Gasteiger partial charge is 0.393 e. The molecule has 0 aromatic heterocycles. The molecule has 2 saturated heterocycles. The van der Waals surface area contributed by atoms with Crippen molar-refractivity contribution in [3.63, 3.8) is 0 Å². The minimum Gasteiger partial charge on any atom is -0.393 e. The lowest BCUT2D eigenvalue weighted by Crippen LogP contribution is -2.45. The van der Waals surface area contributed by atoms with Crippen LogP contribution in [0.4, 0.5) is 10.1 Å². The van der Waals surface area contributed by atoms with Crippen molar-refractivity contribution in [1.82, 2.24) is 0 Å². The SMILES string of the molecule is N#Cc1c(F)cccc1N1C2CCC1CC(O)C2. The zero-order valence-corrected chi connectivity index (χ0v) is 10.0. The minimum atomic E-state index is -0.458. The van der Waals surface area contributed by atoms with E-state index in [1.807, 2.05) is 12.1 Å². The highest BCUT2D eigenvalue weighted by Gasteiger charge is 2.41. The number of nitriles is 1. The van der Waals surface area contributed by atoms with Crippen LogP contribution in [-0.4, -0.2) is 23.3 Å². The Morgan fingerprint density at radius 3 is 2.56 bits per heavy atom. The minimum absolute atomic E-state index is 0.130. The van der Waals surface area contributed by atoms with Gasteiger partial charge in [-0.25, -0.2) is 4.39 Å². The van der Waals surface area contributed by atoms with Gasteiger partial charge in [0.25, 0.3) is 0 Å². The van der Waals surface area contributed by atoms with Gasteiger partial charge < -0.3 is 10.0 Å². The van der Waals surface area contributed by atoms with Crippen LogP contribution in [0.15, 0.2) is 18.2 Å². The molecule has 1 aromatic rings. The van der Waals surface area contributed by atoms with Crippen LogP contribution >= 0.6 is 0 Å². The molecule has 0 amide bonds. The number of fused-ring (bicyclic) bond motifs is 2. The van der Waals surface area contributed by atoms with Gasteiger partial charge in [-0.3, -0.25) is 0 Å². The number of piperidine rings is 1. The highest BCUT2D eigenvalue weighted by atomic mass is 19.1. The van der Waals surface area contributed by atoms with E-state index in [1.165, 1.54) is 6.07 Å². The van der Waals surface area contributed by atoms with Gasteiger partial charge in [-0.1, -0.05) is 6.07 Å². The maximum absolute atomic E-state index is 13.7. The van der Waals surface area contributed by atoms with Crippen molar-refractivity contribution in [3.05, 3.63) is 29.6 Å². The first-order valence-corrected chi connectivity index (χ1v) is 6.35. The highest BCUT2D eigenvalue weighted by Crippen LogP contribution is 2.40. The van der Waals surface area contributed by atoms with Crippen molar-refractivity contribution < 1.29 is 9.50 Å². The zero-order valence-electron chi connectivity index (χ0n) is 10.0. The van der Waals surface area contributed by atoms with Gasteiger partial charge in [0.2, 0.25) is 0 Å². The number of anilines is 1. The number of hydrogen-bond donors (Lipinski definition) is 1. The Bertz CT molecular complexity index is 497. The lowest BCUT2D eigenvalue weighted by atomic mass is 9.98. The predicted molar refractivity (Wildman–Crippen MR) is 65.6 cm³/mol. The maximum atomic E-state index is 13.7. The Balaban J connectivity index is 2.02. The van der Waals surface area contributed by atoms with Crippen LogP contribution in [0.25, 0.3) is 0 Å². The third-order valence-corrected chi connectivity index (χ3v) is 4.09. The lowest BCUT2D eigenvalue weighted by molar-refractivity contribution is 0.126. The summed E-state index contributed by atoms with van der Waals surface area (Å²) < 4.78 is 13.7. The van der Waals surface area contributed by atoms with Crippen molar-refractivity contribution in [2.75, 3.05) is 4.90 Å². The van der Waals surface area contributed by atoms with Crippen LogP contribution in [0.5, 0.6) is 0 Å². The number of aliphatic hydroxyl groups is 1. The van der Waals surface area contributed by atoms with Crippen LogP contribution in [0.3, 0.4) is 0 Å². The van der Waals surface area contributed by atoms with Gasteiger partial charge >= 0.3 is 0 Å². The molecule has 2 aliphatic rings. The summed E-state index contributed by atoms with van der Waals surface area (Å²) in [5, 5.41) is 18.9. The van der Waals surface area contributed by atoms with E-state index >= 15 is 0 Å². The molecule has 2 fully saturated rings. The molecule has 94 valence electrons. The van der Waals surface area contributed by atoms with Gasteiger partial charge in [0.15, 0.2) is 0 Å². The molecule has 0 radical (unpaired) electrons. The van der Waals surface area contributed by atoms with Crippen LogP contribution in [-0.2, 0) is 0 Å². The maximum Gasteiger partial charge on any atom is 0.143 e. The van der Waals surface area contributed by atoms with Crippen LogP contribution in [0.1, 0.15) is 31.2 Å². The Morgan fingerprint density at radius 2 is 1.94 bits per heavy atom. The Hall–Kier alpha value is -1.60. The fourth-order valence-corrected chi connectivity index (χ4v) is 3.38. The molecule has 0 spiro atoms. The summed E-state index contributed by atoms with van der Waals surface area (Å²) in [6, 6.07) is 7.23. The van der Waals surface area contributed by atoms with Crippen molar-refractivity contribution in [1.29, 1.82) is 5.26 Å². The number of hydrogen-bond acceptors (Lipinski definition) is 3. The second kappa shape index (κ2) is 4.25. The monoisotopic (exact) mass is 246 g/mol. The zero-order chi connectivity index (χ0) is 12.7. The number of aliphatic hydroxyl groups excluding tert-OH is 1. The molecule has 2 aliphatic heterocycles.